The van der Waals surface area contributed by atoms with Crippen LogP contribution in [-0.4, -0.2) is 74.9 Å². The number of carbonyl (C=O) groups excluding carboxylic acids is 1. The topological polar surface area (TPSA) is 75.2 Å². The summed E-state index contributed by atoms with van der Waals surface area (Å²) in [5.41, 5.74) is 0. The number of carbonyl (C=O) groups is 1. The van der Waals surface area contributed by atoms with E-state index in [0.29, 0.717) is 18.1 Å². The third-order valence-corrected chi connectivity index (χ3v) is 5.98. The number of nitrogens with one attached hydrogen (secondary N) is 2. The van der Waals surface area contributed by atoms with Gasteiger partial charge in [-0.3, -0.25) is 9.79 Å². The highest BCUT2D eigenvalue weighted by Gasteiger charge is 2.32. The number of halogens is 1. The molecule has 29 heavy (non-hydrogen) atoms. The van der Waals surface area contributed by atoms with Crippen LogP contribution in [0.25, 0.3) is 0 Å². The van der Waals surface area contributed by atoms with Gasteiger partial charge in [0.15, 0.2) is 5.96 Å². The molecule has 168 valence electrons. The Hall–Kier alpha value is -0.610. The number of likely N-dealkylation sites (tertiary alicyclic amines) is 1. The predicted molar refractivity (Wildman–Crippen MR) is 126 cm³/mol. The molecule has 1 saturated carbocycles. The highest BCUT2D eigenvalue weighted by Crippen LogP contribution is 2.27. The standard InChI is InChI=1S/C21H38N4O3.HI/c1-2-22-21(23-11-5-13-28-19-9-14-27-15-10-19)24-18-8-12-25(16-18)20(26)17-6-3-4-7-17;/h17-19H,2-16H2,1H3,(H2,22,23,24);1H. The van der Waals surface area contributed by atoms with Crippen molar-refractivity contribution in [3.8, 4) is 0 Å². The quantitative estimate of drug-likeness (QED) is 0.222. The average molecular weight is 522 g/mol. The van der Waals surface area contributed by atoms with Crippen molar-refractivity contribution >= 4 is 35.8 Å². The monoisotopic (exact) mass is 522 g/mol. The minimum atomic E-state index is 0. The molecule has 3 rings (SSSR count). The van der Waals surface area contributed by atoms with Gasteiger partial charge in [0.05, 0.1) is 6.10 Å². The van der Waals surface area contributed by atoms with Crippen molar-refractivity contribution in [2.45, 2.75) is 70.4 Å². The van der Waals surface area contributed by atoms with Crippen LogP contribution in [0.2, 0.25) is 0 Å². The normalized spacial score (nSPS) is 23.8. The smallest absolute Gasteiger partial charge is 0.225 e. The number of rotatable bonds is 8. The molecule has 3 fully saturated rings. The molecule has 0 aromatic rings. The number of hydrogen-bond acceptors (Lipinski definition) is 4. The van der Waals surface area contributed by atoms with Gasteiger partial charge in [0.25, 0.3) is 0 Å². The zero-order valence-electron chi connectivity index (χ0n) is 17.9. The molecule has 3 aliphatic rings. The van der Waals surface area contributed by atoms with Crippen LogP contribution in [0.1, 0.15) is 58.3 Å². The number of hydrogen-bond donors (Lipinski definition) is 2. The van der Waals surface area contributed by atoms with E-state index in [4.69, 9.17) is 14.5 Å². The van der Waals surface area contributed by atoms with E-state index >= 15 is 0 Å². The first-order chi connectivity index (χ1) is 13.8. The molecule has 2 aliphatic heterocycles. The van der Waals surface area contributed by atoms with Gasteiger partial charge in [-0.05, 0) is 45.4 Å². The molecule has 0 aromatic carbocycles. The summed E-state index contributed by atoms with van der Waals surface area (Å²) >= 11 is 0. The predicted octanol–water partition coefficient (Wildman–Crippen LogP) is 2.54. The number of amides is 1. The van der Waals surface area contributed by atoms with Crippen LogP contribution in [0.3, 0.4) is 0 Å². The highest BCUT2D eigenvalue weighted by atomic mass is 127. The van der Waals surface area contributed by atoms with Gasteiger partial charge < -0.3 is 25.0 Å². The highest BCUT2D eigenvalue weighted by molar-refractivity contribution is 14.0. The number of guanidine groups is 1. The van der Waals surface area contributed by atoms with E-state index in [1.165, 1.54) is 12.8 Å². The van der Waals surface area contributed by atoms with Crippen LogP contribution in [0.4, 0.5) is 0 Å². The lowest BCUT2D eigenvalue weighted by molar-refractivity contribution is -0.134. The molecule has 0 aromatic heterocycles. The van der Waals surface area contributed by atoms with Crippen LogP contribution in [0.5, 0.6) is 0 Å². The molecule has 1 amide bonds. The van der Waals surface area contributed by atoms with E-state index in [9.17, 15) is 4.79 Å². The Bertz CT molecular complexity index is 508. The van der Waals surface area contributed by atoms with Gasteiger partial charge in [-0.25, -0.2) is 0 Å². The van der Waals surface area contributed by atoms with Gasteiger partial charge in [0.2, 0.25) is 5.91 Å². The lowest BCUT2D eigenvalue weighted by Crippen LogP contribution is -2.45. The largest absolute Gasteiger partial charge is 0.381 e. The number of ether oxygens (including phenoxy) is 2. The van der Waals surface area contributed by atoms with Crippen molar-refractivity contribution in [2.75, 3.05) is 46.0 Å². The maximum atomic E-state index is 12.6. The Kier molecular flexibility index (Phi) is 11.6. The molecule has 0 radical (unpaired) electrons. The molecule has 1 aliphatic carbocycles. The van der Waals surface area contributed by atoms with E-state index in [-0.39, 0.29) is 29.9 Å². The molecular weight excluding hydrogens is 483 g/mol. The maximum absolute atomic E-state index is 12.6. The van der Waals surface area contributed by atoms with Crippen LogP contribution in [-0.2, 0) is 14.3 Å². The molecular formula is C21H39IN4O3. The molecule has 1 unspecified atom stereocenters. The fraction of sp³-hybridized carbons (Fsp3) is 0.905. The van der Waals surface area contributed by atoms with Crippen LogP contribution < -0.4 is 10.6 Å². The van der Waals surface area contributed by atoms with Crippen molar-refractivity contribution in [1.82, 2.24) is 15.5 Å². The summed E-state index contributed by atoms with van der Waals surface area (Å²) in [7, 11) is 0. The zero-order valence-corrected chi connectivity index (χ0v) is 20.2. The van der Waals surface area contributed by atoms with Gasteiger partial charge in [-0.2, -0.15) is 0 Å². The fourth-order valence-corrected chi connectivity index (χ4v) is 4.37. The molecule has 0 bridgehead atoms. The maximum Gasteiger partial charge on any atom is 0.225 e. The summed E-state index contributed by atoms with van der Waals surface area (Å²) in [5, 5.41) is 6.85. The summed E-state index contributed by atoms with van der Waals surface area (Å²) < 4.78 is 11.3. The van der Waals surface area contributed by atoms with E-state index in [1.54, 1.807) is 0 Å². The van der Waals surface area contributed by atoms with Crippen LogP contribution in [0, 0.1) is 5.92 Å². The Morgan fingerprint density at radius 1 is 1.17 bits per heavy atom. The van der Waals surface area contributed by atoms with Gasteiger partial charge >= 0.3 is 0 Å². The number of nitrogens with zero attached hydrogens (tertiary/aromatic N) is 2. The van der Waals surface area contributed by atoms with E-state index in [0.717, 1.165) is 90.5 Å². The van der Waals surface area contributed by atoms with Gasteiger partial charge in [0.1, 0.15) is 0 Å². The van der Waals surface area contributed by atoms with Crippen molar-refractivity contribution in [1.29, 1.82) is 0 Å². The summed E-state index contributed by atoms with van der Waals surface area (Å²) in [6.45, 7) is 7.71. The van der Waals surface area contributed by atoms with Crippen LogP contribution >= 0.6 is 24.0 Å². The fourth-order valence-electron chi connectivity index (χ4n) is 4.37. The van der Waals surface area contributed by atoms with Crippen molar-refractivity contribution < 1.29 is 14.3 Å². The van der Waals surface area contributed by atoms with E-state index in [1.807, 2.05) is 0 Å². The molecule has 2 N–H and O–H groups in total. The number of aliphatic imine (C=N–C) groups is 1. The molecule has 8 heteroatoms. The van der Waals surface area contributed by atoms with Gasteiger partial charge in [0, 0.05) is 58.0 Å². The van der Waals surface area contributed by atoms with E-state index < -0.39 is 0 Å². The van der Waals surface area contributed by atoms with Crippen molar-refractivity contribution in [2.24, 2.45) is 10.9 Å². The second-order valence-electron chi connectivity index (χ2n) is 8.19. The minimum absolute atomic E-state index is 0. The summed E-state index contributed by atoms with van der Waals surface area (Å²) in [6.07, 6.45) is 8.85. The Labute approximate surface area is 192 Å². The SMILES string of the molecule is CCNC(=NCCCOC1CCOCC1)NC1CCN(C(=O)C2CCCC2)C1.I. The van der Waals surface area contributed by atoms with Gasteiger partial charge in [-0.1, -0.05) is 12.8 Å². The molecule has 0 spiro atoms. The Morgan fingerprint density at radius 2 is 1.93 bits per heavy atom. The summed E-state index contributed by atoms with van der Waals surface area (Å²) in [6, 6.07) is 0.293. The molecule has 2 heterocycles. The third kappa shape index (κ3) is 8.20. The van der Waals surface area contributed by atoms with E-state index in [2.05, 4.69) is 22.5 Å². The lowest BCUT2D eigenvalue weighted by atomic mass is 10.1. The zero-order chi connectivity index (χ0) is 19.6. The summed E-state index contributed by atoms with van der Waals surface area (Å²) in [5.74, 6) is 1.50. The Morgan fingerprint density at radius 3 is 2.66 bits per heavy atom. The second-order valence-corrected chi connectivity index (χ2v) is 8.19. The Balaban J connectivity index is 0.00000300. The van der Waals surface area contributed by atoms with Gasteiger partial charge in [-0.15, -0.1) is 24.0 Å². The second kappa shape index (κ2) is 13.6. The average Bonchev–Trinajstić information content (AvgIpc) is 3.40. The first kappa shape index (κ1) is 24.7. The van der Waals surface area contributed by atoms with Crippen molar-refractivity contribution in [3.05, 3.63) is 0 Å². The lowest BCUT2D eigenvalue weighted by Gasteiger charge is -2.22. The first-order valence-corrected chi connectivity index (χ1v) is 11.3. The van der Waals surface area contributed by atoms with Crippen molar-refractivity contribution in [3.63, 3.8) is 0 Å². The first-order valence-electron chi connectivity index (χ1n) is 11.3. The van der Waals surface area contributed by atoms with Crippen LogP contribution in [0.15, 0.2) is 4.99 Å². The molecule has 7 nitrogen and oxygen atoms in total. The third-order valence-electron chi connectivity index (χ3n) is 5.98. The molecule has 1 atom stereocenters. The minimum Gasteiger partial charge on any atom is -0.381 e. The molecule has 2 saturated heterocycles. The summed E-state index contributed by atoms with van der Waals surface area (Å²) in [4.78, 5) is 19.4.